The Kier molecular flexibility index (Phi) is 3.16. The largest absolute Gasteiger partial charge is 0.366 e. The highest BCUT2D eigenvalue weighted by molar-refractivity contribution is 6.29. The lowest BCUT2D eigenvalue weighted by atomic mass is 9.97. The molecule has 6 nitrogen and oxygen atoms in total. The molecule has 1 fully saturated rings. The number of carbonyl (C=O) groups is 1. The van der Waals surface area contributed by atoms with E-state index in [0.29, 0.717) is 16.8 Å². The molecule has 4 heterocycles. The van der Waals surface area contributed by atoms with Gasteiger partial charge in [0.15, 0.2) is 5.82 Å². The molecule has 0 aromatic carbocycles. The Balaban J connectivity index is 1.75. The number of urea groups is 1. The fourth-order valence-corrected chi connectivity index (χ4v) is 3.50. The number of carbonyl (C=O) groups excluding carboxylic acids is 1. The fourth-order valence-electron chi connectivity index (χ4n) is 3.36. The second kappa shape index (κ2) is 5.09. The maximum absolute atomic E-state index is 12.9. The number of hydrogen-bond acceptors (Lipinski definition) is 4. The van der Waals surface area contributed by atoms with Gasteiger partial charge in [-0.1, -0.05) is 17.7 Å². The number of nitrogens with zero attached hydrogens (tertiary/aromatic N) is 4. The Morgan fingerprint density at radius 1 is 1.35 bits per heavy atom. The van der Waals surface area contributed by atoms with E-state index in [-0.39, 0.29) is 11.6 Å². The molecule has 2 aliphatic heterocycles. The Bertz CT molecular complexity index is 768. The quantitative estimate of drug-likeness (QED) is 0.816. The van der Waals surface area contributed by atoms with Gasteiger partial charge in [0.05, 0.1) is 11.2 Å². The third kappa shape index (κ3) is 2.30. The highest BCUT2D eigenvalue weighted by Gasteiger charge is 2.48. The molecule has 0 unspecified atom stereocenters. The van der Waals surface area contributed by atoms with Gasteiger partial charge in [0.1, 0.15) is 11.0 Å². The minimum Gasteiger partial charge on any atom is -0.366 e. The number of hydrogen-bond donors (Lipinski definition) is 1. The summed E-state index contributed by atoms with van der Waals surface area (Å²) in [6, 6.07) is 8.86. The lowest BCUT2D eigenvalue weighted by molar-refractivity contribution is 0.250. The second-order valence-corrected chi connectivity index (χ2v) is 6.51. The normalized spacial score (nSPS) is 22.0. The van der Waals surface area contributed by atoms with E-state index < -0.39 is 0 Å². The summed E-state index contributed by atoms with van der Waals surface area (Å²) < 4.78 is 0. The smallest absolute Gasteiger partial charge is 0.329 e. The van der Waals surface area contributed by atoms with Gasteiger partial charge < -0.3 is 4.90 Å². The molecule has 23 heavy (non-hydrogen) atoms. The molecule has 1 atom stereocenters. The molecule has 2 bridgehead atoms. The van der Waals surface area contributed by atoms with Crippen LogP contribution in [0.4, 0.5) is 22.1 Å². The van der Waals surface area contributed by atoms with E-state index >= 15 is 0 Å². The van der Waals surface area contributed by atoms with Gasteiger partial charge >= 0.3 is 6.03 Å². The maximum Gasteiger partial charge on any atom is 0.329 e. The lowest BCUT2D eigenvalue weighted by Crippen LogP contribution is -2.56. The summed E-state index contributed by atoms with van der Waals surface area (Å²) in [5.74, 6) is 1.13. The minimum atomic E-state index is -0.302. The first kappa shape index (κ1) is 14.3. The Labute approximate surface area is 139 Å². The van der Waals surface area contributed by atoms with E-state index in [4.69, 9.17) is 11.6 Å². The predicted molar refractivity (Wildman–Crippen MR) is 90.2 cm³/mol. The summed E-state index contributed by atoms with van der Waals surface area (Å²) in [6.45, 7) is 3.77. The van der Waals surface area contributed by atoms with Crippen LogP contribution in [0, 0.1) is 0 Å². The van der Waals surface area contributed by atoms with Crippen LogP contribution in [0.15, 0.2) is 36.5 Å². The van der Waals surface area contributed by atoms with Crippen LogP contribution in [0.1, 0.15) is 13.3 Å². The Morgan fingerprint density at radius 3 is 3.00 bits per heavy atom. The van der Waals surface area contributed by atoms with Gasteiger partial charge in [-0.2, -0.15) is 0 Å². The third-order valence-corrected chi connectivity index (χ3v) is 4.68. The molecule has 2 aromatic heterocycles. The summed E-state index contributed by atoms with van der Waals surface area (Å²) in [6.07, 6.45) is 2.53. The average Bonchev–Trinajstić information content (AvgIpc) is 2.86. The number of halogens is 1. The van der Waals surface area contributed by atoms with Crippen molar-refractivity contribution in [2.45, 2.75) is 18.9 Å². The van der Waals surface area contributed by atoms with Gasteiger partial charge in [0.2, 0.25) is 0 Å². The van der Waals surface area contributed by atoms with Crippen molar-refractivity contribution in [3.8, 4) is 0 Å². The molecule has 1 N–H and O–H groups in total. The van der Waals surface area contributed by atoms with Gasteiger partial charge in [-0.15, -0.1) is 0 Å². The summed E-state index contributed by atoms with van der Waals surface area (Å²) in [4.78, 5) is 25.5. The maximum atomic E-state index is 12.9. The fraction of sp³-hybridized carbons (Fsp3) is 0.312. The van der Waals surface area contributed by atoms with Crippen LogP contribution >= 0.6 is 11.6 Å². The van der Waals surface area contributed by atoms with E-state index in [2.05, 4.69) is 27.1 Å². The van der Waals surface area contributed by atoms with Crippen LogP contribution in [0.3, 0.4) is 0 Å². The number of aromatic nitrogens is 2. The first-order chi connectivity index (χ1) is 11.1. The van der Waals surface area contributed by atoms with Crippen LogP contribution < -0.4 is 15.1 Å². The molecule has 0 spiro atoms. The van der Waals surface area contributed by atoms with Crippen molar-refractivity contribution in [1.29, 1.82) is 0 Å². The SMILES string of the molecule is C[C@]12CCN(C1)c1ccc(Cl)nc1N2C(=O)Nc1ccccn1. The molecule has 2 aliphatic rings. The molecule has 0 aliphatic carbocycles. The molecule has 0 radical (unpaired) electrons. The highest BCUT2D eigenvalue weighted by Crippen LogP contribution is 2.44. The van der Waals surface area contributed by atoms with Crippen molar-refractivity contribution in [2.24, 2.45) is 0 Å². The first-order valence-electron chi connectivity index (χ1n) is 7.51. The highest BCUT2D eigenvalue weighted by atomic mass is 35.5. The molecule has 4 rings (SSSR count). The average molecular weight is 330 g/mol. The molecule has 2 amide bonds. The van der Waals surface area contributed by atoms with Crippen molar-refractivity contribution in [1.82, 2.24) is 9.97 Å². The Morgan fingerprint density at radius 2 is 2.22 bits per heavy atom. The zero-order chi connectivity index (χ0) is 16.0. The molecule has 118 valence electrons. The van der Waals surface area contributed by atoms with Gasteiger partial charge in [-0.05, 0) is 37.6 Å². The van der Waals surface area contributed by atoms with E-state index in [9.17, 15) is 4.79 Å². The molecule has 2 aromatic rings. The summed E-state index contributed by atoms with van der Waals surface area (Å²) in [7, 11) is 0. The first-order valence-corrected chi connectivity index (χ1v) is 7.88. The Hall–Kier alpha value is -2.34. The monoisotopic (exact) mass is 329 g/mol. The number of fused-ring (bicyclic) bond motifs is 4. The van der Waals surface area contributed by atoms with Gasteiger partial charge in [0, 0.05) is 19.3 Å². The zero-order valence-electron chi connectivity index (χ0n) is 12.7. The van der Waals surface area contributed by atoms with Crippen molar-refractivity contribution in [3.63, 3.8) is 0 Å². The van der Waals surface area contributed by atoms with Gasteiger partial charge in [-0.25, -0.2) is 14.8 Å². The molecule has 7 heteroatoms. The van der Waals surface area contributed by atoms with Gasteiger partial charge in [-0.3, -0.25) is 10.2 Å². The summed E-state index contributed by atoms with van der Waals surface area (Å²) in [5.41, 5.74) is 0.643. The molecular weight excluding hydrogens is 314 g/mol. The number of nitrogens with one attached hydrogen (secondary N) is 1. The van der Waals surface area contributed by atoms with Crippen molar-refractivity contribution < 1.29 is 4.79 Å². The molecule has 0 saturated carbocycles. The number of pyridine rings is 2. The number of rotatable bonds is 1. The lowest BCUT2D eigenvalue weighted by Gasteiger charge is -2.42. The summed E-state index contributed by atoms with van der Waals surface area (Å²) >= 11 is 6.07. The van der Waals surface area contributed by atoms with E-state index in [1.165, 1.54) is 0 Å². The zero-order valence-corrected chi connectivity index (χ0v) is 13.4. The minimum absolute atomic E-state index is 0.233. The van der Waals surface area contributed by atoms with Crippen LogP contribution in [-0.2, 0) is 0 Å². The van der Waals surface area contributed by atoms with Crippen molar-refractivity contribution >= 4 is 35.0 Å². The number of amides is 2. The standard InChI is InChI=1S/C16H16ClN5O/c1-16-7-9-21(10-16)11-5-6-12(17)19-14(11)22(16)15(23)20-13-4-2-3-8-18-13/h2-6,8H,7,9-10H2,1H3,(H,18,20,23)/t16-/m0/s1. The van der Waals surface area contributed by atoms with Crippen molar-refractivity contribution in [2.75, 3.05) is 28.2 Å². The molecule has 1 saturated heterocycles. The number of anilines is 3. The second-order valence-electron chi connectivity index (χ2n) is 6.13. The van der Waals surface area contributed by atoms with Crippen LogP contribution in [-0.4, -0.2) is 34.6 Å². The third-order valence-electron chi connectivity index (χ3n) is 4.47. The topological polar surface area (TPSA) is 61.4 Å². The van der Waals surface area contributed by atoms with E-state index in [1.807, 2.05) is 18.2 Å². The van der Waals surface area contributed by atoms with Crippen LogP contribution in [0.2, 0.25) is 5.15 Å². The van der Waals surface area contributed by atoms with Crippen molar-refractivity contribution in [3.05, 3.63) is 41.7 Å². The van der Waals surface area contributed by atoms with E-state index in [1.54, 1.807) is 23.2 Å². The van der Waals surface area contributed by atoms with Crippen LogP contribution in [0.5, 0.6) is 0 Å². The summed E-state index contributed by atoms with van der Waals surface area (Å²) in [5, 5.41) is 3.23. The molecular formula is C16H16ClN5O. The van der Waals surface area contributed by atoms with E-state index in [0.717, 1.165) is 25.2 Å². The van der Waals surface area contributed by atoms with Crippen LogP contribution in [0.25, 0.3) is 0 Å². The predicted octanol–water partition coefficient (Wildman–Crippen LogP) is 3.15. The van der Waals surface area contributed by atoms with Gasteiger partial charge in [0.25, 0.3) is 0 Å².